The number of carbonyl (C=O) groups is 1. The van der Waals surface area contributed by atoms with Crippen molar-refractivity contribution < 1.29 is 9.90 Å². The molecular weight excluding hydrogens is 248 g/mol. The highest BCUT2D eigenvalue weighted by atomic mass is 16.4. The van der Waals surface area contributed by atoms with Crippen molar-refractivity contribution in [2.24, 2.45) is 7.05 Å². The minimum atomic E-state index is -1.04. The topological polar surface area (TPSA) is 82.0 Å². The molecule has 0 atom stereocenters. The van der Waals surface area contributed by atoms with E-state index in [9.17, 15) is 9.59 Å². The lowest BCUT2D eigenvalue weighted by Crippen LogP contribution is -2.25. The molecule has 0 amide bonds. The van der Waals surface area contributed by atoms with E-state index in [4.69, 9.17) is 5.11 Å². The van der Waals surface area contributed by atoms with Crippen LogP contribution in [0.1, 0.15) is 29.4 Å². The first-order chi connectivity index (χ1) is 9.04. The molecule has 0 saturated carbocycles. The summed E-state index contributed by atoms with van der Waals surface area (Å²) in [6, 6.07) is 0. The number of rotatable bonds is 5. The first kappa shape index (κ1) is 13.1. The van der Waals surface area contributed by atoms with Crippen LogP contribution in [-0.2, 0) is 20.1 Å². The maximum absolute atomic E-state index is 12.0. The zero-order valence-corrected chi connectivity index (χ0v) is 10.9. The van der Waals surface area contributed by atoms with Gasteiger partial charge in [-0.25, -0.2) is 9.59 Å². The second-order valence-electron chi connectivity index (χ2n) is 4.34. The van der Waals surface area contributed by atoms with Crippen LogP contribution in [0.15, 0.2) is 23.4 Å². The van der Waals surface area contributed by atoms with Gasteiger partial charge >= 0.3 is 11.7 Å². The van der Waals surface area contributed by atoms with Gasteiger partial charge in [-0.05, 0) is 6.42 Å². The molecule has 0 bridgehead atoms. The molecule has 0 saturated heterocycles. The van der Waals surface area contributed by atoms with Crippen LogP contribution in [0.3, 0.4) is 0 Å². The van der Waals surface area contributed by atoms with Gasteiger partial charge in [-0.1, -0.05) is 6.92 Å². The van der Waals surface area contributed by atoms with Crippen molar-refractivity contribution in [1.82, 2.24) is 18.9 Å². The molecule has 0 aliphatic rings. The second-order valence-corrected chi connectivity index (χ2v) is 4.34. The Labute approximate surface area is 109 Å². The van der Waals surface area contributed by atoms with Crippen molar-refractivity contribution in [2.75, 3.05) is 0 Å². The molecule has 2 heterocycles. The smallest absolute Gasteiger partial charge is 0.339 e. The lowest BCUT2D eigenvalue weighted by atomic mass is 10.2. The Kier molecular flexibility index (Phi) is 3.55. The van der Waals surface area contributed by atoms with Gasteiger partial charge in [0.25, 0.3) is 0 Å². The molecule has 2 aromatic rings. The summed E-state index contributed by atoms with van der Waals surface area (Å²) >= 11 is 0. The normalized spacial score (nSPS) is 10.8. The third-order valence-corrected chi connectivity index (χ3v) is 2.99. The van der Waals surface area contributed by atoms with Crippen molar-refractivity contribution in [3.05, 3.63) is 40.3 Å². The van der Waals surface area contributed by atoms with Crippen molar-refractivity contribution in [3.63, 3.8) is 0 Å². The van der Waals surface area contributed by atoms with E-state index in [1.54, 1.807) is 24.0 Å². The van der Waals surface area contributed by atoms with Gasteiger partial charge in [-0.15, -0.1) is 0 Å². The molecule has 0 aliphatic heterocycles. The molecule has 0 aliphatic carbocycles. The van der Waals surface area contributed by atoms with Crippen LogP contribution >= 0.6 is 0 Å². The molecule has 0 spiro atoms. The van der Waals surface area contributed by atoms with E-state index in [1.165, 1.54) is 15.4 Å². The minimum Gasteiger partial charge on any atom is -0.478 e. The van der Waals surface area contributed by atoms with E-state index in [1.807, 2.05) is 6.92 Å². The quantitative estimate of drug-likeness (QED) is 0.854. The summed E-state index contributed by atoms with van der Waals surface area (Å²) in [5.74, 6) is -1.04. The summed E-state index contributed by atoms with van der Waals surface area (Å²) in [4.78, 5) is 23.1. The zero-order valence-electron chi connectivity index (χ0n) is 10.9. The van der Waals surface area contributed by atoms with Crippen LogP contribution < -0.4 is 5.69 Å². The van der Waals surface area contributed by atoms with Crippen LogP contribution in [0, 0.1) is 0 Å². The number of aryl methyl sites for hydroxylation is 2. The molecule has 102 valence electrons. The summed E-state index contributed by atoms with van der Waals surface area (Å²) in [7, 11) is 1.66. The van der Waals surface area contributed by atoms with Gasteiger partial charge in [0, 0.05) is 26.0 Å². The maximum atomic E-state index is 12.0. The van der Waals surface area contributed by atoms with E-state index in [0.29, 0.717) is 12.2 Å². The number of aromatic nitrogens is 4. The standard InChI is InChI=1S/C12H16N4O3/c1-3-4-15-5-6-16(12(15)19)8-10-9(11(17)18)7-13-14(10)2/h5-7H,3-4,8H2,1-2H3,(H,17,18). The summed E-state index contributed by atoms with van der Waals surface area (Å²) in [6.07, 6.45) is 5.54. The molecule has 2 aromatic heterocycles. The largest absolute Gasteiger partial charge is 0.478 e. The predicted octanol–water partition coefficient (Wildman–Crippen LogP) is 0.540. The number of imidazole rings is 1. The molecule has 0 unspecified atom stereocenters. The van der Waals surface area contributed by atoms with Crippen molar-refractivity contribution >= 4 is 5.97 Å². The van der Waals surface area contributed by atoms with Gasteiger partial charge in [0.15, 0.2) is 0 Å². The van der Waals surface area contributed by atoms with Crippen LogP contribution in [-0.4, -0.2) is 30.0 Å². The Morgan fingerprint density at radius 1 is 1.37 bits per heavy atom. The number of carboxylic acids is 1. The Balaban J connectivity index is 2.34. The van der Waals surface area contributed by atoms with Gasteiger partial charge in [0.1, 0.15) is 5.56 Å². The van der Waals surface area contributed by atoms with E-state index >= 15 is 0 Å². The van der Waals surface area contributed by atoms with E-state index in [2.05, 4.69) is 5.10 Å². The second kappa shape index (κ2) is 5.13. The van der Waals surface area contributed by atoms with Gasteiger partial charge in [-0.3, -0.25) is 13.8 Å². The molecule has 19 heavy (non-hydrogen) atoms. The van der Waals surface area contributed by atoms with Crippen LogP contribution in [0.2, 0.25) is 0 Å². The van der Waals surface area contributed by atoms with Crippen molar-refractivity contribution in [1.29, 1.82) is 0 Å². The van der Waals surface area contributed by atoms with Crippen molar-refractivity contribution in [2.45, 2.75) is 26.4 Å². The molecule has 7 nitrogen and oxygen atoms in total. The Hall–Kier alpha value is -2.31. The zero-order chi connectivity index (χ0) is 14.0. The van der Waals surface area contributed by atoms with Crippen LogP contribution in [0.4, 0.5) is 0 Å². The SMILES string of the molecule is CCCn1ccn(Cc2c(C(=O)O)cnn2C)c1=O. The summed E-state index contributed by atoms with van der Waals surface area (Å²) in [5.41, 5.74) is 0.487. The Morgan fingerprint density at radius 3 is 2.68 bits per heavy atom. The van der Waals surface area contributed by atoms with Gasteiger partial charge < -0.3 is 5.11 Å². The lowest BCUT2D eigenvalue weighted by Gasteiger charge is -2.04. The predicted molar refractivity (Wildman–Crippen MR) is 68.3 cm³/mol. The highest BCUT2D eigenvalue weighted by molar-refractivity contribution is 5.88. The number of hydrogen-bond acceptors (Lipinski definition) is 3. The highest BCUT2D eigenvalue weighted by Crippen LogP contribution is 2.08. The van der Waals surface area contributed by atoms with Crippen LogP contribution in [0.25, 0.3) is 0 Å². The molecule has 7 heteroatoms. The van der Waals surface area contributed by atoms with E-state index in [-0.39, 0.29) is 17.8 Å². The fourth-order valence-electron chi connectivity index (χ4n) is 1.98. The third kappa shape index (κ3) is 2.44. The van der Waals surface area contributed by atoms with E-state index in [0.717, 1.165) is 6.42 Å². The summed E-state index contributed by atoms with van der Waals surface area (Å²) in [6.45, 7) is 2.85. The highest BCUT2D eigenvalue weighted by Gasteiger charge is 2.16. The minimum absolute atomic E-state index is 0.123. The average Bonchev–Trinajstić information content (AvgIpc) is 2.88. The first-order valence-corrected chi connectivity index (χ1v) is 6.04. The van der Waals surface area contributed by atoms with Gasteiger partial charge in [0.2, 0.25) is 0 Å². The Bertz CT molecular complexity index is 650. The number of nitrogens with zero attached hydrogens (tertiary/aromatic N) is 4. The molecule has 2 rings (SSSR count). The Morgan fingerprint density at radius 2 is 2.05 bits per heavy atom. The number of aromatic carboxylic acids is 1. The number of hydrogen-bond donors (Lipinski definition) is 1. The monoisotopic (exact) mass is 264 g/mol. The third-order valence-electron chi connectivity index (χ3n) is 2.99. The van der Waals surface area contributed by atoms with Gasteiger partial charge in [-0.2, -0.15) is 5.10 Å². The summed E-state index contributed by atoms with van der Waals surface area (Å²) < 4.78 is 4.57. The molecule has 0 aromatic carbocycles. The average molecular weight is 264 g/mol. The van der Waals surface area contributed by atoms with Gasteiger partial charge in [0.05, 0.1) is 18.4 Å². The van der Waals surface area contributed by atoms with Crippen molar-refractivity contribution in [3.8, 4) is 0 Å². The molecule has 0 fully saturated rings. The molecular formula is C12H16N4O3. The summed E-state index contributed by atoms with van der Waals surface area (Å²) in [5, 5.41) is 13.0. The fourth-order valence-corrected chi connectivity index (χ4v) is 1.98. The molecule has 1 N–H and O–H groups in total. The fraction of sp³-hybridized carbons (Fsp3) is 0.417. The van der Waals surface area contributed by atoms with E-state index < -0.39 is 5.97 Å². The van der Waals surface area contributed by atoms with Crippen LogP contribution in [0.5, 0.6) is 0 Å². The maximum Gasteiger partial charge on any atom is 0.339 e. The molecule has 0 radical (unpaired) electrons. The first-order valence-electron chi connectivity index (χ1n) is 6.04. The lowest BCUT2D eigenvalue weighted by molar-refractivity contribution is 0.0695. The number of carboxylic acid groups (broad SMARTS) is 1.